The van der Waals surface area contributed by atoms with Gasteiger partial charge in [0.1, 0.15) is 30.7 Å². The van der Waals surface area contributed by atoms with Crippen molar-refractivity contribution in [2.24, 2.45) is 5.73 Å². The van der Waals surface area contributed by atoms with Crippen molar-refractivity contribution >= 4 is 29.6 Å². The standard InChI is InChI=1S/C34H33FN6O6/c1-38-28-18-24(31(42)39-12-14-40(15-13-39)34(45)47-20-22-6-3-2-4-7-22)10-11-29(28)46-21-27(32(38)43)30-25(19-41(37-30)33(36)44)16-23-8-5-9-26(35)17-23/h2-11,17-19,27H,12-16,20-21H2,1H3,(H2,36,44)/t27-/m1/s1. The van der Waals surface area contributed by atoms with Gasteiger partial charge in [-0.25, -0.2) is 14.0 Å². The first-order valence-corrected chi connectivity index (χ1v) is 15.1. The first-order valence-electron chi connectivity index (χ1n) is 15.1. The van der Waals surface area contributed by atoms with E-state index < -0.39 is 23.9 Å². The minimum absolute atomic E-state index is 0.0856. The molecule has 2 aliphatic rings. The van der Waals surface area contributed by atoms with E-state index in [9.17, 15) is 23.6 Å². The van der Waals surface area contributed by atoms with Crippen LogP contribution in [0.15, 0.2) is 79.0 Å². The van der Waals surface area contributed by atoms with Crippen molar-refractivity contribution in [3.63, 3.8) is 0 Å². The number of primary amides is 1. The number of carbonyl (C=O) groups excluding carboxylic acids is 4. The number of likely N-dealkylation sites (N-methyl/N-ethyl adjacent to an activating group) is 1. The lowest BCUT2D eigenvalue weighted by Crippen LogP contribution is -2.50. The van der Waals surface area contributed by atoms with Gasteiger partial charge in [0.2, 0.25) is 5.91 Å². The number of nitrogens with two attached hydrogens (primary N) is 1. The number of amides is 4. The van der Waals surface area contributed by atoms with E-state index in [0.29, 0.717) is 54.3 Å². The van der Waals surface area contributed by atoms with Crippen molar-refractivity contribution in [3.8, 4) is 5.75 Å². The van der Waals surface area contributed by atoms with Gasteiger partial charge in [-0.3, -0.25) is 9.59 Å². The van der Waals surface area contributed by atoms with Crippen LogP contribution in [0.4, 0.5) is 19.7 Å². The molecule has 13 heteroatoms. The van der Waals surface area contributed by atoms with Gasteiger partial charge in [0, 0.05) is 51.4 Å². The molecule has 0 radical (unpaired) electrons. The van der Waals surface area contributed by atoms with Crippen LogP contribution in [0.3, 0.4) is 0 Å². The van der Waals surface area contributed by atoms with Gasteiger partial charge in [-0.2, -0.15) is 9.78 Å². The zero-order chi connectivity index (χ0) is 33.1. The van der Waals surface area contributed by atoms with Gasteiger partial charge >= 0.3 is 12.1 Å². The van der Waals surface area contributed by atoms with Gasteiger partial charge in [-0.1, -0.05) is 42.5 Å². The van der Waals surface area contributed by atoms with Crippen LogP contribution < -0.4 is 15.4 Å². The number of aromatic nitrogens is 2. The molecule has 0 unspecified atom stereocenters. The number of hydrogen-bond acceptors (Lipinski definition) is 7. The molecule has 2 N–H and O–H groups in total. The highest BCUT2D eigenvalue weighted by atomic mass is 19.1. The van der Waals surface area contributed by atoms with Gasteiger partial charge < -0.3 is 29.9 Å². The van der Waals surface area contributed by atoms with Crippen LogP contribution in [-0.4, -0.2) is 83.4 Å². The maximum Gasteiger partial charge on any atom is 0.410 e. The van der Waals surface area contributed by atoms with Crippen molar-refractivity contribution in [2.45, 2.75) is 18.9 Å². The van der Waals surface area contributed by atoms with Crippen LogP contribution in [0.2, 0.25) is 0 Å². The molecular weight excluding hydrogens is 607 g/mol. The van der Waals surface area contributed by atoms with Gasteiger partial charge in [0.05, 0.1) is 11.4 Å². The Bertz CT molecular complexity index is 1820. The fraction of sp³-hybridized carbons (Fsp3) is 0.265. The van der Waals surface area contributed by atoms with Crippen LogP contribution in [-0.2, 0) is 22.6 Å². The summed E-state index contributed by atoms with van der Waals surface area (Å²) in [4.78, 5) is 56.5. The molecule has 2 aliphatic heterocycles. The number of ether oxygens (including phenoxy) is 2. The molecule has 1 saturated heterocycles. The van der Waals surface area contributed by atoms with E-state index in [1.165, 1.54) is 23.2 Å². The van der Waals surface area contributed by atoms with E-state index in [1.54, 1.807) is 47.2 Å². The molecule has 0 spiro atoms. The predicted octanol–water partition coefficient (Wildman–Crippen LogP) is 3.77. The first-order chi connectivity index (χ1) is 22.7. The summed E-state index contributed by atoms with van der Waals surface area (Å²) in [6.07, 6.45) is 1.21. The second-order valence-electron chi connectivity index (χ2n) is 11.4. The smallest absolute Gasteiger partial charge is 0.410 e. The molecule has 0 aliphatic carbocycles. The van der Waals surface area contributed by atoms with Crippen LogP contribution in [0.1, 0.15) is 38.7 Å². The summed E-state index contributed by atoms with van der Waals surface area (Å²) >= 11 is 0. The number of carbonyl (C=O) groups is 4. The molecule has 6 rings (SSSR count). The lowest BCUT2D eigenvalue weighted by molar-refractivity contribution is -0.120. The third-order valence-electron chi connectivity index (χ3n) is 8.29. The molecule has 3 heterocycles. The Labute approximate surface area is 270 Å². The highest BCUT2D eigenvalue weighted by Crippen LogP contribution is 2.36. The van der Waals surface area contributed by atoms with Crippen molar-refractivity contribution < 1.29 is 33.0 Å². The monoisotopic (exact) mass is 640 g/mol. The number of fused-ring (bicyclic) bond motifs is 1. The Morgan fingerprint density at radius 2 is 1.68 bits per heavy atom. The highest BCUT2D eigenvalue weighted by Gasteiger charge is 2.35. The van der Waals surface area contributed by atoms with Gasteiger partial charge in [0.15, 0.2) is 0 Å². The Hall–Kier alpha value is -5.72. The quantitative estimate of drug-likeness (QED) is 0.338. The predicted molar refractivity (Wildman–Crippen MR) is 169 cm³/mol. The molecule has 1 atom stereocenters. The Morgan fingerprint density at radius 3 is 2.40 bits per heavy atom. The molecule has 0 bridgehead atoms. The second-order valence-corrected chi connectivity index (χ2v) is 11.4. The fourth-order valence-electron chi connectivity index (χ4n) is 5.74. The number of halogens is 1. The highest BCUT2D eigenvalue weighted by molar-refractivity contribution is 6.02. The van der Waals surface area contributed by atoms with E-state index in [1.807, 2.05) is 30.3 Å². The van der Waals surface area contributed by atoms with Crippen molar-refractivity contribution in [1.29, 1.82) is 0 Å². The largest absolute Gasteiger partial charge is 0.490 e. The zero-order valence-electron chi connectivity index (χ0n) is 25.7. The number of nitrogens with zero attached hydrogens (tertiary/aromatic N) is 5. The molecule has 4 amide bonds. The lowest BCUT2D eigenvalue weighted by Gasteiger charge is -2.34. The topological polar surface area (TPSA) is 140 Å². The molecule has 1 fully saturated rings. The summed E-state index contributed by atoms with van der Waals surface area (Å²) in [6, 6.07) is 19.5. The summed E-state index contributed by atoms with van der Waals surface area (Å²) in [5, 5.41) is 4.32. The van der Waals surface area contributed by atoms with Crippen LogP contribution in [0, 0.1) is 5.82 Å². The molecule has 4 aromatic rings. The minimum atomic E-state index is -0.912. The zero-order valence-corrected chi connectivity index (χ0v) is 25.7. The van der Waals surface area contributed by atoms with Crippen molar-refractivity contribution in [1.82, 2.24) is 19.6 Å². The van der Waals surface area contributed by atoms with Crippen LogP contribution >= 0.6 is 0 Å². The SMILES string of the molecule is CN1C(=O)[C@@H](c2nn(C(N)=O)cc2Cc2cccc(F)c2)COc2ccc(C(=O)N3CCN(C(=O)OCc4ccccc4)CC3)cc21. The Balaban J connectivity index is 1.14. The number of benzene rings is 3. The molecule has 47 heavy (non-hydrogen) atoms. The van der Waals surface area contributed by atoms with Gasteiger partial charge in [-0.15, -0.1) is 0 Å². The number of rotatable bonds is 6. The molecule has 0 saturated carbocycles. The van der Waals surface area contributed by atoms with E-state index in [0.717, 1.165) is 10.2 Å². The summed E-state index contributed by atoms with van der Waals surface area (Å²) in [5.41, 5.74) is 8.56. The lowest BCUT2D eigenvalue weighted by atomic mass is 9.97. The van der Waals surface area contributed by atoms with E-state index in [2.05, 4.69) is 5.10 Å². The normalized spacial score (nSPS) is 16.3. The summed E-state index contributed by atoms with van der Waals surface area (Å²) in [6.45, 7) is 1.37. The van der Waals surface area contributed by atoms with E-state index >= 15 is 0 Å². The average Bonchev–Trinajstić information content (AvgIpc) is 3.45. The minimum Gasteiger partial charge on any atom is -0.490 e. The molecule has 12 nitrogen and oxygen atoms in total. The Morgan fingerprint density at radius 1 is 0.957 bits per heavy atom. The number of anilines is 1. The van der Waals surface area contributed by atoms with Crippen molar-refractivity contribution in [3.05, 3.63) is 113 Å². The summed E-state index contributed by atoms with van der Waals surface area (Å²) < 4.78 is 26.3. The maximum absolute atomic E-state index is 13.9. The first kappa shape index (κ1) is 31.3. The molecular formula is C34H33FN6O6. The third kappa shape index (κ3) is 6.78. The summed E-state index contributed by atoms with van der Waals surface area (Å²) in [7, 11) is 1.58. The average molecular weight is 641 g/mol. The third-order valence-corrected chi connectivity index (χ3v) is 8.29. The van der Waals surface area contributed by atoms with Crippen LogP contribution in [0.5, 0.6) is 5.75 Å². The maximum atomic E-state index is 13.9. The van der Waals surface area contributed by atoms with Crippen molar-refractivity contribution in [2.75, 3.05) is 44.7 Å². The van der Waals surface area contributed by atoms with Crippen LogP contribution in [0.25, 0.3) is 0 Å². The molecule has 3 aromatic carbocycles. The number of hydrogen-bond donors (Lipinski definition) is 1. The molecule has 1 aromatic heterocycles. The van der Waals surface area contributed by atoms with Gasteiger partial charge in [-0.05, 0) is 47.0 Å². The summed E-state index contributed by atoms with van der Waals surface area (Å²) in [5.74, 6) is -1.54. The van der Waals surface area contributed by atoms with Gasteiger partial charge in [0.25, 0.3) is 5.91 Å². The second kappa shape index (κ2) is 13.3. The van der Waals surface area contributed by atoms with E-state index in [4.69, 9.17) is 15.2 Å². The number of piperazine rings is 1. The molecule has 242 valence electrons. The van der Waals surface area contributed by atoms with E-state index in [-0.39, 0.29) is 37.1 Å². The fourth-order valence-corrected chi connectivity index (χ4v) is 5.74. The Kier molecular flexibility index (Phi) is 8.87.